The lowest BCUT2D eigenvalue weighted by atomic mass is 10.2. The Morgan fingerprint density at radius 2 is 1.47 bits per heavy atom. The molecule has 0 N–H and O–H groups in total. The van der Waals surface area contributed by atoms with Crippen molar-refractivity contribution in [1.82, 2.24) is 0 Å². The molecule has 0 aromatic heterocycles. The Labute approximate surface area is 94.2 Å². The maximum atomic E-state index is 13.4. The molecule has 0 bridgehead atoms. The Balaban J connectivity index is 2.14. The number of halogens is 3. The van der Waals surface area contributed by atoms with Gasteiger partial charge in [-0.05, 0) is 12.1 Å². The molecule has 0 aliphatic carbocycles. The van der Waals surface area contributed by atoms with Crippen LogP contribution < -0.4 is 9.47 Å². The molecule has 1 aliphatic rings. The summed E-state index contributed by atoms with van der Waals surface area (Å²) < 4.78 is 49.7. The van der Waals surface area contributed by atoms with E-state index in [2.05, 4.69) is 0 Å². The van der Waals surface area contributed by atoms with Crippen LogP contribution in [-0.2, 0) is 0 Å². The Morgan fingerprint density at radius 1 is 0.706 bits per heavy atom. The molecule has 2 aromatic carbocycles. The summed E-state index contributed by atoms with van der Waals surface area (Å²) in [6.07, 6.45) is 0. The van der Waals surface area contributed by atoms with Gasteiger partial charge >= 0.3 is 0 Å². The second kappa shape index (κ2) is 3.41. The summed E-state index contributed by atoms with van der Waals surface area (Å²) in [5, 5.41) is 0. The summed E-state index contributed by atoms with van der Waals surface area (Å²) in [6, 6.07) is 5.23. The summed E-state index contributed by atoms with van der Waals surface area (Å²) in [5.74, 6) is -2.22. The topological polar surface area (TPSA) is 18.5 Å². The van der Waals surface area contributed by atoms with Gasteiger partial charge in [-0.2, -0.15) is 0 Å². The highest BCUT2D eigenvalue weighted by Crippen LogP contribution is 2.46. The summed E-state index contributed by atoms with van der Waals surface area (Å²) in [6.45, 7) is 0. The Hall–Kier alpha value is -2.17. The first-order valence-electron chi connectivity index (χ1n) is 4.78. The number of hydrogen-bond donors (Lipinski definition) is 0. The normalized spacial score (nSPS) is 12.2. The molecule has 1 heterocycles. The molecule has 0 saturated carbocycles. The van der Waals surface area contributed by atoms with Crippen molar-refractivity contribution in [2.45, 2.75) is 0 Å². The third-order valence-corrected chi connectivity index (χ3v) is 2.31. The molecule has 5 heteroatoms. The minimum absolute atomic E-state index is 0.0856. The predicted molar refractivity (Wildman–Crippen MR) is 52.9 cm³/mol. The van der Waals surface area contributed by atoms with E-state index in [1.54, 1.807) is 0 Å². The smallest absolute Gasteiger partial charge is 0.205 e. The van der Waals surface area contributed by atoms with Crippen LogP contribution in [0, 0.1) is 17.5 Å². The molecule has 0 saturated heterocycles. The van der Waals surface area contributed by atoms with E-state index in [4.69, 9.17) is 9.47 Å². The van der Waals surface area contributed by atoms with Crippen molar-refractivity contribution >= 4 is 0 Å². The van der Waals surface area contributed by atoms with Gasteiger partial charge < -0.3 is 9.47 Å². The van der Waals surface area contributed by atoms with Crippen LogP contribution in [0.3, 0.4) is 0 Å². The quantitative estimate of drug-likeness (QED) is 0.589. The maximum absolute atomic E-state index is 13.4. The first-order chi connectivity index (χ1) is 8.13. The van der Waals surface area contributed by atoms with Gasteiger partial charge in [0.2, 0.25) is 5.75 Å². The monoisotopic (exact) mass is 238 g/mol. The van der Waals surface area contributed by atoms with E-state index in [0.29, 0.717) is 6.07 Å². The molecule has 17 heavy (non-hydrogen) atoms. The van der Waals surface area contributed by atoms with E-state index in [9.17, 15) is 13.2 Å². The predicted octanol–water partition coefficient (Wildman–Crippen LogP) is 4.00. The first kappa shape index (κ1) is 10.0. The van der Waals surface area contributed by atoms with Gasteiger partial charge in [0.15, 0.2) is 23.1 Å². The molecule has 0 spiro atoms. The van der Waals surface area contributed by atoms with Crippen molar-refractivity contribution in [2.75, 3.05) is 0 Å². The minimum atomic E-state index is -0.866. The summed E-state index contributed by atoms with van der Waals surface area (Å²) in [5.41, 5.74) is 0. The Kier molecular flexibility index (Phi) is 2.01. The van der Waals surface area contributed by atoms with Gasteiger partial charge in [-0.3, -0.25) is 0 Å². The van der Waals surface area contributed by atoms with Gasteiger partial charge in [0, 0.05) is 18.2 Å². The minimum Gasteiger partial charge on any atom is -0.449 e. The highest BCUT2D eigenvalue weighted by atomic mass is 19.1. The van der Waals surface area contributed by atoms with Crippen molar-refractivity contribution < 1.29 is 22.6 Å². The van der Waals surface area contributed by atoms with Gasteiger partial charge in [0.05, 0.1) is 0 Å². The second-order valence-corrected chi connectivity index (χ2v) is 3.51. The van der Waals surface area contributed by atoms with Crippen molar-refractivity contribution in [3.05, 3.63) is 47.8 Å². The number of hydrogen-bond acceptors (Lipinski definition) is 2. The zero-order chi connectivity index (χ0) is 12.0. The molecule has 0 radical (unpaired) electrons. The van der Waals surface area contributed by atoms with Gasteiger partial charge in [-0.1, -0.05) is 0 Å². The fraction of sp³-hybridized carbons (Fsp3) is 0. The molecule has 86 valence electrons. The van der Waals surface area contributed by atoms with E-state index in [1.165, 1.54) is 6.07 Å². The highest BCUT2D eigenvalue weighted by molar-refractivity contribution is 5.54. The SMILES string of the molecule is Fc1ccc2c(c1)Oc1cc(F)cc(F)c1O2. The van der Waals surface area contributed by atoms with Gasteiger partial charge in [0.1, 0.15) is 11.6 Å². The lowest BCUT2D eigenvalue weighted by Gasteiger charge is -2.20. The van der Waals surface area contributed by atoms with Crippen molar-refractivity contribution in [1.29, 1.82) is 0 Å². The van der Waals surface area contributed by atoms with Crippen LogP contribution in [0.5, 0.6) is 23.0 Å². The summed E-state index contributed by atoms with van der Waals surface area (Å²) in [7, 11) is 0. The summed E-state index contributed by atoms with van der Waals surface area (Å²) >= 11 is 0. The van der Waals surface area contributed by atoms with Crippen molar-refractivity contribution in [2.24, 2.45) is 0 Å². The highest BCUT2D eigenvalue weighted by Gasteiger charge is 2.23. The second-order valence-electron chi connectivity index (χ2n) is 3.51. The average molecular weight is 238 g/mol. The van der Waals surface area contributed by atoms with E-state index >= 15 is 0 Å². The summed E-state index contributed by atoms with van der Waals surface area (Å²) in [4.78, 5) is 0. The fourth-order valence-corrected chi connectivity index (χ4v) is 1.59. The molecule has 0 amide bonds. The van der Waals surface area contributed by atoms with Crippen LogP contribution in [0.25, 0.3) is 0 Å². The van der Waals surface area contributed by atoms with E-state index in [-0.39, 0.29) is 23.0 Å². The number of fused-ring (bicyclic) bond motifs is 2. The van der Waals surface area contributed by atoms with Gasteiger partial charge in [-0.15, -0.1) is 0 Å². The molecule has 3 rings (SSSR count). The van der Waals surface area contributed by atoms with Gasteiger partial charge in [-0.25, -0.2) is 13.2 Å². The third kappa shape index (κ3) is 1.60. The molecule has 0 unspecified atom stereocenters. The third-order valence-electron chi connectivity index (χ3n) is 2.31. The number of benzene rings is 2. The maximum Gasteiger partial charge on any atom is 0.205 e. The van der Waals surface area contributed by atoms with Gasteiger partial charge in [0.25, 0.3) is 0 Å². The zero-order valence-electron chi connectivity index (χ0n) is 8.34. The van der Waals surface area contributed by atoms with Crippen LogP contribution in [-0.4, -0.2) is 0 Å². The van der Waals surface area contributed by atoms with Crippen LogP contribution in [0.15, 0.2) is 30.3 Å². The number of ether oxygens (including phenoxy) is 2. The largest absolute Gasteiger partial charge is 0.449 e. The molecule has 2 nitrogen and oxygen atoms in total. The molecule has 0 atom stereocenters. The van der Waals surface area contributed by atoms with Crippen LogP contribution in [0.2, 0.25) is 0 Å². The Bertz CT molecular complexity index is 611. The van der Waals surface area contributed by atoms with Crippen LogP contribution in [0.1, 0.15) is 0 Å². The lowest BCUT2D eigenvalue weighted by molar-refractivity contribution is 0.336. The van der Waals surface area contributed by atoms with Crippen molar-refractivity contribution in [3.8, 4) is 23.0 Å². The lowest BCUT2D eigenvalue weighted by Crippen LogP contribution is -2.02. The Morgan fingerprint density at radius 3 is 2.29 bits per heavy atom. The molecule has 2 aromatic rings. The fourth-order valence-electron chi connectivity index (χ4n) is 1.59. The first-order valence-corrected chi connectivity index (χ1v) is 4.78. The number of rotatable bonds is 0. The van der Waals surface area contributed by atoms with Crippen molar-refractivity contribution in [3.63, 3.8) is 0 Å². The van der Waals surface area contributed by atoms with E-state index in [0.717, 1.165) is 18.2 Å². The zero-order valence-corrected chi connectivity index (χ0v) is 8.34. The van der Waals surface area contributed by atoms with Crippen LogP contribution >= 0.6 is 0 Å². The molecule has 1 aliphatic heterocycles. The molecular weight excluding hydrogens is 233 g/mol. The van der Waals surface area contributed by atoms with E-state index < -0.39 is 17.5 Å². The van der Waals surface area contributed by atoms with E-state index in [1.807, 2.05) is 0 Å². The average Bonchev–Trinajstić information content (AvgIpc) is 2.26. The molecule has 0 fully saturated rings. The van der Waals surface area contributed by atoms with Crippen LogP contribution in [0.4, 0.5) is 13.2 Å². The standard InChI is InChI=1S/C12H5F3O2/c13-6-1-2-9-10(4-6)16-11-5-7(14)3-8(15)12(11)17-9/h1-5H. The molecular formula is C12H5F3O2.